The van der Waals surface area contributed by atoms with Crippen LogP contribution < -0.4 is 15.0 Å². The molecule has 230 valence electrons. The number of ether oxygens (including phenoxy) is 1. The van der Waals surface area contributed by atoms with Gasteiger partial charge in [-0.15, -0.1) is 0 Å². The summed E-state index contributed by atoms with van der Waals surface area (Å²) in [6.07, 6.45) is 2.14. The Labute approximate surface area is 265 Å². The number of carbonyl (C=O) groups is 2. The molecule has 0 saturated carbocycles. The molecule has 1 aliphatic rings. The third kappa shape index (κ3) is 7.34. The Morgan fingerprint density at radius 3 is 2.13 bits per heavy atom. The molecule has 0 radical (unpaired) electrons. The van der Waals surface area contributed by atoms with Gasteiger partial charge in [-0.1, -0.05) is 48.5 Å². The molecule has 1 N–H and O–H groups in total. The van der Waals surface area contributed by atoms with E-state index in [0.29, 0.717) is 54.5 Å². The minimum atomic E-state index is -0.160. The van der Waals surface area contributed by atoms with Gasteiger partial charge in [-0.3, -0.25) is 9.59 Å². The third-order valence-electron chi connectivity index (χ3n) is 8.65. The van der Waals surface area contributed by atoms with Crippen molar-refractivity contribution in [2.45, 2.75) is 39.0 Å². The molecule has 0 bridgehead atoms. The van der Waals surface area contributed by atoms with E-state index in [-0.39, 0.29) is 11.8 Å². The van der Waals surface area contributed by atoms with Crippen molar-refractivity contribution in [3.63, 3.8) is 0 Å². The molecule has 0 unspecified atom stereocenters. The first-order chi connectivity index (χ1) is 21.9. The lowest BCUT2D eigenvalue weighted by atomic mass is 9.85. The number of carbonyl (C=O) groups excluding carboxylic acids is 3. The number of anilines is 2. The van der Waals surface area contributed by atoms with Crippen LogP contribution in [0, 0.1) is 13.8 Å². The lowest BCUT2D eigenvalue weighted by molar-refractivity contribution is 0.0985. The highest BCUT2D eigenvalue weighted by Gasteiger charge is 2.26. The Morgan fingerprint density at radius 1 is 0.867 bits per heavy atom. The predicted molar refractivity (Wildman–Crippen MR) is 179 cm³/mol. The molecule has 1 fully saturated rings. The van der Waals surface area contributed by atoms with Crippen LogP contribution in [-0.2, 0) is 4.79 Å². The molecule has 2 amide bonds. The molecule has 1 saturated heterocycles. The zero-order valence-corrected chi connectivity index (χ0v) is 26.1. The van der Waals surface area contributed by atoms with Crippen LogP contribution in [0.4, 0.5) is 11.4 Å². The highest BCUT2D eigenvalue weighted by molar-refractivity contribution is 6.06. The molecule has 45 heavy (non-hydrogen) atoms. The standard InChI is InChI=1S/C38H39N3O4/c1-27-14-19-35(28(2)36(27)39-37(43)30-15-17-34(45-3)18-16-30)29-20-23-40(24-21-29)33(26-42)22-25-41(32-12-8-5-9-13-32)38(44)31-10-6-4-7-11-31/h4-19,29H,20-25H2,1-3H3,(H,39,43). The van der Waals surface area contributed by atoms with Crippen molar-refractivity contribution in [2.24, 2.45) is 0 Å². The van der Waals surface area contributed by atoms with Crippen molar-refractivity contribution in [1.29, 1.82) is 0 Å². The van der Waals surface area contributed by atoms with E-state index in [1.165, 1.54) is 5.56 Å². The van der Waals surface area contributed by atoms with Crippen LogP contribution in [0.5, 0.6) is 5.75 Å². The Morgan fingerprint density at radius 2 is 1.51 bits per heavy atom. The zero-order valence-electron chi connectivity index (χ0n) is 26.1. The van der Waals surface area contributed by atoms with Gasteiger partial charge in [-0.05, 0) is 97.8 Å². The van der Waals surface area contributed by atoms with Crippen molar-refractivity contribution >= 4 is 29.1 Å². The number of nitrogens with one attached hydrogen (secondary N) is 1. The lowest BCUT2D eigenvalue weighted by Gasteiger charge is -2.35. The predicted octanol–water partition coefficient (Wildman–Crippen LogP) is 7.20. The number of methoxy groups -OCH3 is 1. The van der Waals surface area contributed by atoms with Gasteiger partial charge < -0.3 is 19.9 Å². The van der Waals surface area contributed by atoms with Crippen LogP contribution in [0.1, 0.15) is 62.6 Å². The van der Waals surface area contributed by atoms with Crippen molar-refractivity contribution in [2.75, 3.05) is 37.0 Å². The number of benzene rings is 4. The molecule has 4 aromatic rings. The Bertz CT molecular complexity index is 1670. The van der Waals surface area contributed by atoms with Crippen LogP contribution in [0.2, 0.25) is 0 Å². The number of hydrogen-bond acceptors (Lipinski definition) is 5. The van der Waals surface area contributed by atoms with Gasteiger partial charge in [-0.2, -0.15) is 0 Å². The molecule has 0 aliphatic carbocycles. The fourth-order valence-corrected chi connectivity index (χ4v) is 6.07. The zero-order chi connectivity index (χ0) is 31.8. The fraction of sp³-hybridized carbons (Fsp3) is 0.263. The van der Waals surface area contributed by atoms with Crippen LogP contribution in [0.15, 0.2) is 103 Å². The van der Waals surface area contributed by atoms with Gasteiger partial charge in [0.05, 0.1) is 7.11 Å². The van der Waals surface area contributed by atoms with Crippen LogP contribution >= 0.6 is 0 Å². The second-order valence-corrected chi connectivity index (χ2v) is 11.4. The topological polar surface area (TPSA) is 79.0 Å². The SMILES string of the molecule is COc1ccc(C(=O)Nc2c(C)ccc(C3CCN(C(=C=O)CCN(C(=O)c4ccccc4)c4ccccc4)CC3)c2C)cc1. The highest BCUT2D eigenvalue weighted by Crippen LogP contribution is 2.36. The average molecular weight is 602 g/mol. The van der Waals surface area contributed by atoms with E-state index in [1.807, 2.05) is 67.6 Å². The molecule has 5 rings (SSSR count). The van der Waals surface area contributed by atoms with Crippen LogP contribution in [0.25, 0.3) is 0 Å². The van der Waals surface area contributed by atoms with E-state index in [2.05, 4.69) is 35.2 Å². The molecule has 0 spiro atoms. The van der Waals surface area contributed by atoms with Gasteiger partial charge in [0.25, 0.3) is 11.8 Å². The fourth-order valence-electron chi connectivity index (χ4n) is 6.07. The molecule has 0 aromatic heterocycles. The third-order valence-corrected chi connectivity index (χ3v) is 8.65. The van der Waals surface area contributed by atoms with Crippen molar-refractivity contribution in [3.8, 4) is 5.75 Å². The quantitative estimate of drug-likeness (QED) is 0.195. The van der Waals surface area contributed by atoms with E-state index in [9.17, 15) is 14.4 Å². The summed E-state index contributed by atoms with van der Waals surface area (Å²) in [5, 5.41) is 3.13. The summed E-state index contributed by atoms with van der Waals surface area (Å²) in [5.41, 5.74) is 6.68. The molecule has 1 aliphatic heterocycles. The monoisotopic (exact) mass is 601 g/mol. The average Bonchev–Trinajstić information content (AvgIpc) is 3.09. The van der Waals surface area contributed by atoms with Gasteiger partial charge in [0.1, 0.15) is 17.4 Å². The summed E-state index contributed by atoms with van der Waals surface area (Å²) in [5.74, 6) is 2.92. The number of amides is 2. The van der Waals surface area contributed by atoms with Gasteiger partial charge >= 0.3 is 0 Å². The van der Waals surface area contributed by atoms with E-state index < -0.39 is 0 Å². The Kier molecular flexibility index (Phi) is 10.1. The van der Waals surface area contributed by atoms with E-state index in [1.54, 1.807) is 36.3 Å². The number of nitrogens with zero attached hydrogens (tertiary/aromatic N) is 2. The number of rotatable bonds is 10. The highest BCUT2D eigenvalue weighted by atomic mass is 16.5. The number of aryl methyl sites for hydroxylation is 1. The Balaban J connectivity index is 1.24. The number of para-hydroxylation sites is 1. The maximum atomic E-state index is 13.5. The van der Waals surface area contributed by atoms with E-state index >= 15 is 0 Å². The van der Waals surface area contributed by atoms with E-state index in [0.717, 1.165) is 35.3 Å². The summed E-state index contributed by atoms with van der Waals surface area (Å²) in [6.45, 7) is 5.88. The summed E-state index contributed by atoms with van der Waals surface area (Å²) < 4.78 is 5.21. The van der Waals surface area contributed by atoms with Crippen molar-refractivity contribution in [3.05, 3.63) is 131 Å². The van der Waals surface area contributed by atoms with Gasteiger partial charge in [0.15, 0.2) is 0 Å². The minimum Gasteiger partial charge on any atom is -0.497 e. The molecular formula is C38H39N3O4. The number of piperidine rings is 1. The smallest absolute Gasteiger partial charge is 0.258 e. The van der Waals surface area contributed by atoms with Gasteiger partial charge in [-0.25, -0.2) is 4.79 Å². The first kappa shape index (κ1) is 31.3. The maximum Gasteiger partial charge on any atom is 0.258 e. The first-order valence-electron chi connectivity index (χ1n) is 15.4. The van der Waals surface area contributed by atoms with Crippen LogP contribution in [0.3, 0.4) is 0 Å². The van der Waals surface area contributed by atoms with Crippen LogP contribution in [-0.4, -0.2) is 49.4 Å². The summed E-state index contributed by atoms with van der Waals surface area (Å²) in [6, 6.07) is 30.1. The second-order valence-electron chi connectivity index (χ2n) is 11.4. The molecule has 7 heteroatoms. The maximum absolute atomic E-state index is 13.5. The molecular weight excluding hydrogens is 562 g/mol. The van der Waals surface area contributed by atoms with Gasteiger partial charge in [0.2, 0.25) is 0 Å². The normalized spacial score (nSPS) is 13.1. The molecule has 4 aromatic carbocycles. The largest absolute Gasteiger partial charge is 0.497 e. The second kappa shape index (κ2) is 14.6. The lowest BCUT2D eigenvalue weighted by Crippen LogP contribution is -2.36. The van der Waals surface area contributed by atoms with Crippen molar-refractivity contribution in [1.82, 2.24) is 4.90 Å². The number of hydrogen-bond donors (Lipinski definition) is 1. The summed E-state index contributed by atoms with van der Waals surface area (Å²) in [7, 11) is 1.60. The first-order valence-corrected chi connectivity index (χ1v) is 15.4. The molecule has 1 heterocycles. The molecule has 0 atom stereocenters. The summed E-state index contributed by atoms with van der Waals surface area (Å²) in [4.78, 5) is 42.5. The summed E-state index contributed by atoms with van der Waals surface area (Å²) >= 11 is 0. The Hall–Kier alpha value is -5.13. The minimum absolute atomic E-state index is 0.101. The van der Waals surface area contributed by atoms with Gasteiger partial charge in [0, 0.05) is 48.6 Å². The van der Waals surface area contributed by atoms with E-state index in [4.69, 9.17) is 4.74 Å². The molecule has 7 nitrogen and oxygen atoms in total. The number of likely N-dealkylation sites (tertiary alicyclic amines) is 1. The van der Waals surface area contributed by atoms with Crippen molar-refractivity contribution < 1.29 is 19.1 Å².